The number of carbonyl (C=O) groups excluding carboxylic acids is 1. The number of carbonyl (C=O) groups is 1. The quantitative estimate of drug-likeness (QED) is 0.212. The van der Waals surface area contributed by atoms with Crippen molar-refractivity contribution in [3.8, 4) is 0 Å². The summed E-state index contributed by atoms with van der Waals surface area (Å²) in [4.78, 5) is 15.4. The van der Waals surface area contributed by atoms with Crippen molar-refractivity contribution < 1.29 is 19.1 Å². The molecule has 0 saturated heterocycles. The molecular weight excluding hydrogens is 174 g/mol. The summed E-state index contributed by atoms with van der Waals surface area (Å²) in [5, 5.41) is 3.61. The van der Waals surface area contributed by atoms with Crippen LogP contribution < -0.4 is 0 Å². The molecule has 0 aromatic heterocycles. The zero-order chi connectivity index (χ0) is 10.1. The monoisotopic (exact) mass is 189 g/mol. The first-order valence-electron chi connectivity index (χ1n) is 4.06. The summed E-state index contributed by atoms with van der Waals surface area (Å²) in [6, 6.07) is 0. The van der Waals surface area contributed by atoms with Gasteiger partial charge in [-0.3, -0.25) is 4.79 Å². The molecule has 0 radical (unpaired) electrons. The minimum absolute atomic E-state index is 0.194. The molecule has 0 aliphatic carbocycles. The molecule has 76 valence electrons. The SMILES string of the molecule is CCOC(C)=NOCCC(=O)OC. The van der Waals surface area contributed by atoms with Gasteiger partial charge in [-0.15, -0.1) is 0 Å². The third-order valence-electron chi connectivity index (χ3n) is 1.17. The molecule has 0 N–H and O–H groups in total. The second-order valence-corrected chi connectivity index (χ2v) is 2.20. The standard InChI is InChI=1S/C8H15NO4/c1-4-12-7(2)9-13-6-5-8(10)11-3/h4-6H2,1-3H3. The Hall–Kier alpha value is -1.26. The largest absolute Gasteiger partial charge is 0.479 e. The molecule has 0 amide bonds. The van der Waals surface area contributed by atoms with Gasteiger partial charge < -0.3 is 14.3 Å². The number of nitrogens with zero attached hydrogens (tertiary/aromatic N) is 1. The predicted octanol–water partition coefficient (Wildman–Crippen LogP) is 0.936. The van der Waals surface area contributed by atoms with E-state index in [1.807, 2.05) is 6.92 Å². The number of ether oxygens (including phenoxy) is 2. The van der Waals surface area contributed by atoms with Crippen LogP contribution in [0.3, 0.4) is 0 Å². The van der Waals surface area contributed by atoms with Crippen molar-refractivity contribution in [2.75, 3.05) is 20.3 Å². The van der Waals surface area contributed by atoms with Crippen molar-refractivity contribution in [1.82, 2.24) is 0 Å². The van der Waals surface area contributed by atoms with Crippen molar-refractivity contribution >= 4 is 11.9 Å². The molecule has 0 atom stereocenters. The summed E-state index contributed by atoms with van der Waals surface area (Å²) in [6.45, 7) is 4.29. The molecular formula is C8H15NO4. The number of hydrogen-bond acceptors (Lipinski definition) is 5. The molecule has 0 bridgehead atoms. The van der Waals surface area contributed by atoms with E-state index in [2.05, 4.69) is 9.89 Å². The molecule has 0 heterocycles. The van der Waals surface area contributed by atoms with E-state index in [0.29, 0.717) is 12.5 Å². The van der Waals surface area contributed by atoms with Crippen molar-refractivity contribution in [3.63, 3.8) is 0 Å². The van der Waals surface area contributed by atoms with Gasteiger partial charge in [-0.1, -0.05) is 5.16 Å². The van der Waals surface area contributed by atoms with Crippen LogP contribution in [0.4, 0.5) is 0 Å². The summed E-state index contributed by atoms with van der Waals surface area (Å²) in [5.74, 6) is 0.136. The van der Waals surface area contributed by atoms with Crippen LogP contribution in [0.15, 0.2) is 5.16 Å². The summed E-state index contributed by atoms with van der Waals surface area (Å²) >= 11 is 0. The Morgan fingerprint density at radius 2 is 2.15 bits per heavy atom. The summed E-state index contributed by atoms with van der Waals surface area (Å²) in [5.41, 5.74) is 0. The number of esters is 1. The van der Waals surface area contributed by atoms with E-state index in [1.165, 1.54) is 7.11 Å². The first-order chi connectivity index (χ1) is 6.20. The van der Waals surface area contributed by atoms with Crippen LogP contribution >= 0.6 is 0 Å². The van der Waals surface area contributed by atoms with Crippen LogP contribution in [0.25, 0.3) is 0 Å². The van der Waals surface area contributed by atoms with Gasteiger partial charge in [0, 0.05) is 6.92 Å². The molecule has 0 aliphatic heterocycles. The van der Waals surface area contributed by atoms with E-state index in [9.17, 15) is 4.79 Å². The highest BCUT2D eigenvalue weighted by Crippen LogP contribution is 1.89. The molecule has 0 aromatic rings. The Labute approximate surface area is 77.6 Å². The highest BCUT2D eigenvalue weighted by molar-refractivity contribution is 5.72. The maximum Gasteiger partial charge on any atom is 0.309 e. The third kappa shape index (κ3) is 7.11. The maximum absolute atomic E-state index is 10.6. The smallest absolute Gasteiger partial charge is 0.309 e. The molecule has 0 spiro atoms. The fourth-order valence-electron chi connectivity index (χ4n) is 0.603. The Morgan fingerprint density at radius 1 is 1.46 bits per heavy atom. The first-order valence-corrected chi connectivity index (χ1v) is 4.06. The highest BCUT2D eigenvalue weighted by Gasteiger charge is 1.99. The van der Waals surface area contributed by atoms with Gasteiger partial charge in [0.15, 0.2) is 0 Å². The van der Waals surface area contributed by atoms with E-state index in [-0.39, 0.29) is 19.0 Å². The topological polar surface area (TPSA) is 57.1 Å². The second-order valence-electron chi connectivity index (χ2n) is 2.20. The van der Waals surface area contributed by atoms with Gasteiger partial charge in [0.2, 0.25) is 5.90 Å². The van der Waals surface area contributed by atoms with Crippen LogP contribution in [0.2, 0.25) is 0 Å². The lowest BCUT2D eigenvalue weighted by molar-refractivity contribution is -0.141. The van der Waals surface area contributed by atoms with Crippen LogP contribution in [0, 0.1) is 0 Å². The normalized spacial score (nSPS) is 10.8. The first kappa shape index (κ1) is 11.7. The second kappa shape index (κ2) is 7.39. The Kier molecular flexibility index (Phi) is 6.68. The Bertz CT molecular complexity index is 179. The number of hydrogen-bond donors (Lipinski definition) is 0. The van der Waals surface area contributed by atoms with Gasteiger partial charge in [-0.05, 0) is 6.92 Å². The van der Waals surface area contributed by atoms with E-state index in [1.54, 1.807) is 6.92 Å². The fraction of sp³-hybridized carbons (Fsp3) is 0.750. The molecule has 0 fully saturated rings. The van der Waals surface area contributed by atoms with Crippen LogP contribution in [-0.2, 0) is 19.1 Å². The molecule has 13 heavy (non-hydrogen) atoms. The van der Waals surface area contributed by atoms with Crippen molar-refractivity contribution in [3.05, 3.63) is 0 Å². The summed E-state index contributed by atoms with van der Waals surface area (Å²) in [7, 11) is 1.33. The van der Waals surface area contributed by atoms with Gasteiger partial charge in [-0.2, -0.15) is 0 Å². The molecule has 0 rings (SSSR count). The lowest BCUT2D eigenvalue weighted by Gasteiger charge is -2.01. The Balaban J connectivity index is 3.43. The van der Waals surface area contributed by atoms with Crippen molar-refractivity contribution in [2.24, 2.45) is 5.16 Å². The van der Waals surface area contributed by atoms with E-state index < -0.39 is 0 Å². The maximum atomic E-state index is 10.6. The zero-order valence-electron chi connectivity index (χ0n) is 8.20. The molecule has 5 heteroatoms. The van der Waals surface area contributed by atoms with Gasteiger partial charge >= 0.3 is 5.97 Å². The van der Waals surface area contributed by atoms with E-state index >= 15 is 0 Å². The van der Waals surface area contributed by atoms with Crippen LogP contribution in [-0.4, -0.2) is 32.2 Å². The van der Waals surface area contributed by atoms with E-state index in [0.717, 1.165) is 0 Å². The van der Waals surface area contributed by atoms with E-state index in [4.69, 9.17) is 9.57 Å². The van der Waals surface area contributed by atoms with Crippen LogP contribution in [0.1, 0.15) is 20.3 Å². The Morgan fingerprint density at radius 3 is 2.69 bits per heavy atom. The average Bonchev–Trinajstić information content (AvgIpc) is 2.12. The lowest BCUT2D eigenvalue weighted by atomic mass is 10.5. The predicted molar refractivity (Wildman–Crippen MR) is 47.3 cm³/mol. The average molecular weight is 189 g/mol. The minimum atomic E-state index is -0.315. The van der Waals surface area contributed by atoms with Gasteiger partial charge in [-0.25, -0.2) is 0 Å². The fourth-order valence-corrected chi connectivity index (χ4v) is 0.603. The van der Waals surface area contributed by atoms with Gasteiger partial charge in [0.05, 0.1) is 20.1 Å². The van der Waals surface area contributed by atoms with Crippen molar-refractivity contribution in [1.29, 1.82) is 0 Å². The molecule has 0 aromatic carbocycles. The van der Waals surface area contributed by atoms with Crippen molar-refractivity contribution in [2.45, 2.75) is 20.3 Å². The minimum Gasteiger partial charge on any atom is -0.479 e. The summed E-state index contributed by atoms with van der Waals surface area (Å²) in [6.07, 6.45) is 0.194. The number of rotatable bonds is 5. The molecule has 0 unspecified atom stereocenters. The zero-order valence-corrected chi connectivity index (χ0v) is 8.20. The number of oxime groups is 1. The number of methoxy groups -OCH3 is 1. The molecule has 0 aliphatic rings. The van der Waals surface area contributed by atoms with Gasteiger partial charge in [0.1, 0.15) is 6.61 Å². The van der Waals surface area contributed by atoms with Gasteiger partial charge in [0.25, 0.3) is 0 Å². The summed E-state index contributed by atoms with van der Waals surface area (Å²) < 4.78 is 9.39. The molecule has 0 saturated carbocycles. The third-order valence-corrected chi connectivity index (χ3v) is 1.17. The van der Waals surface area contributed by atoms with Crippen LogP contribution in [0.5, 0.6) is 0 Å². The highest BCUT2D eigenvalue weighted by atomic mass is 16.6. The molecule has 5 nitrogen and oxygen atoms in total. The lowest BCUT2D eigenvalue weighted by Crippen LogP contribution is -2.05.